The molecule has 2 fully saturated rings. The van der Waals surface area contributed by atoms with Crippen LogP contribution in [0.2, 0.25) is 0 Å². The second-order valence-electron chi connectivity index (χ2n) is 5.96. The molecule has 0 aromatic heterocycles. The van der Waals surface area contributed by atoms with E-state index in [1.807, 2.05) is 20.8 Å². The number of amides is 1. The van der Waals surface area contributed by atoms with Crippen LogP contribution in [-0.2, 0) is 9.47 Å². The van der Waals surface area contributed by atoms with Crippen molar-refractivity contribution in [2.24, 2.45) is 5.41 Å². The first-order valence-electron chi connectivity index (χ1n) is 6.02. The Morgan fingerprint density at radius 3 is 2.71 bits per heavy atom. The fourth-order valence-electron chi connectivity index (χ4n) is 2.48. The average molecular weight is 353 g/mol. The molecule has 1 spiro atoms. The first-order chi connectivity index (χ1) is 7.86. The van der Waals surface area contributed by atoms with Gasteiger partial charge in [-0.1, -0.05) is 22.6 Å². The van der Waals surface area contributed by atoms with Gasteiger partial charge in [0.25, 0.3) is 0 Å². The van der Waals surface area contributed by atoms with Crippen molar-refractivity contribution >= 4 is 28.7 Å². The maximum Gasteiger partial charge on any atom is 0.410 e. The van der Waals surface area contributed by atoms with Gasteiger partial charge in [0.1, 0.15) is 5.60 Å². The summed E-state index contributed by atoms with van der Waals surface area (Å²) in [5.41, 5.74) is -0.202. The molecule has 1 amide bonds. The van der Waals surface area contributed by atoms with Crippen molar-refractivity contribution in [1.82, 2.24) is 4.90 Å². The summed E-state index contributed by atoms with van der Waals surface area (Å²) >= 11 is 2.36. The molecule has 0 aromatic rings. The van der Waals surface area contributed by atoms with E-state index in [1.54, 1.807) is 4.90 Å². The SMILES string of the molecule is CC(C)(C)OC(=O)N1CC2(CCOC2CI)C1. The van der Waals surface area contributed by atoms with Crippen molar-refractivity contribution in [2.75, 3.05) is 24.1 Å². The summed E-state index contributed by atoms with van der Waals surface area (Å²) < 4.78 is 12.1. The van der Waals surface area contributed by atoms with Crippen molar-refractivity contribution in [3.05, 3.63) is 0 Å². The molecule has 2 saturated heterocycles. The molecule has 4 nitrogen and oxygen atoms in total. The number of carbonyl (C=O) groups is 1. The summed E-state index contributed by atoms with van der Waals surface area (Å²) in [6.45, 7) is 8.09. The Bertz CT molecular complexity index is 307. The van der Waals surface area contributed by atoms with Crippen molar-refractivity contribution in [2.45, 2.75) is 38.9 Å². The number of nitrogens with zero attached hydrogens (tertiary/aromatic N) is 1. The third kappa shape index (κ3) is 2.70. The van der Waals surface area contributed by atoms with Gasteiger partial charge in [-0.15, -0.1) is 0 Å². The molecule has 2 aliphatic heterocycles. The van der Waals surface area contributed by atoms with Crippen LogP contribution in [0.5, 0.6) is 0 Å². The molecule has 0 aliphatic carbocycles. The van der Waals surface area contributed by atoms with Gasteiger partial charge in [-0.05, 0) is 27.2 Å². The minimum atomic E-state index is -0.408. The topological polar surface area (TPSA) is 38.8 Å². The Morgan fingerprint density at radius 1 is 1.53 bits per heavy atom. The lowest BCUT2D eigenvalue weighted by molar-refractivity contribution is -0.0584. The number of hydrogen-bond donors (Lipinski definition) is 0. The van der Waals surface area contributed by atoms with Crippen LogP contribution in [-0.4, -0.2) is 46.8 Å². The summed E-state index contributed by atoms with van der Waals surface area (Å²) in [5.74, 6) is 0. The molecule has 17 heavy (non-hydrogen) atoms. The Hall–Kier alpha value is -0.0400. The summed E-state index contributed by atoms with van der Waals surface area (Å²) in [7, 11) is 0. The zero-order valence-electron chi connectivity index (χ0n) is 10.7. The van der Waals surface area contributed by atoms with E-state index in [0.717, 1.165) is 30.5 Å². The van der Waals surface area contributed by atoms with Crippen LogP contribution in [0.3, 0.4) is 0 Å². The molecule has 2 aliphatic rings. The molecule has 2 heterocycles. The smallest absolute Gasteiger partial charge is 0.410 e. The van der Waals surface area contributed by atoms with E-state index >= 15 is 0 Å². The Morgan fingerprint density at radius 2 is 2.18 bits per heavy atom. The molecule has 5 heteroatoms. The van der Waals surface area contributed by atoms with E-state index in [2.05, 4.69) is 22.6 Å². The van der Waals surface area contributed by atoms with Crippen LogP contribution in [0.15, 0.2) is 0 Å². The van der Waals surface area contributed by atoms with Crippen LogP contribution >= 0.6 is 22.6 Å². The molecule has 1 atom stereocenters. The minimum Gasteiger partial charge on any atom is -0.444 e. The largest absolute Gasteiger partial charge is 0.444 e. The van der Waals surface area contributed by atoms with Crippen LogP contribution < -0.4 is 0 Å². The quantitative estimate of drug-likeness (QED) is 0.537. The normalized spacial score (nSPS) is 27.1. The number of likely N-dealkylation sites (tertiary alicyclic amines) is 1. The maximum absolute atomic E-state index is 11.8. The molecular formula is C12H20INO3. The summed E-state index contributed by atoms with van der Waals surface area (Å²) in [6, 6.07) is 0. The number of rotatable bonds is 1. The van der Waals surface area contributed by atoms with E-state index < -0.39 is 5.60 Å². The second-order valence-corrected chi connectivity index (χ2v) is 6.84. The molecule has 0 N–H and O–H groups in total. The predicted octanol–water partition coefficient (Wildman–Crippen LogP) is 2.45. The Kier molecular flexibility index (Phi) is 3.60. The zero-order chi connectivity index (χ0) is 12.7. The monoisotopic (exact) mass is 353 g/mol. The summed E-state index contributed by atoms with van der Waals surface area (Å²) in [6.07, 6.45) is 1.18. The van der Waals surface area contributed by atoms with Crippen LogP contribution in [0.1, 0.15) is 27.2 Å². The highest BCUT2D eigenvalue weighted by molar-refractivity contribution is 14.1. The van der Waals surface area contributed by atoms with Gasteiger partial charge in [0.15, 0.2) is 0 Å². The highest BCUT2D eigenvalue weighted by atomic mass is 127. The zero-order valence-corrected chi connectivity index (χ0v) is 12.8. The Balaban J connectivity index is 1.88. The van der Waals surface area contributed by atoms with E-state index in [0.29, 0.717) is 6.10 Å². The predicted molar refractivity (Wildman–Crippen MR) is 73.5 cm³/mol. The first kappa shape index (κ1) is 13.4. The molecular weight excluding hydrogens is 333 g/mol. The highest BCUT2D eigenvalue weighted by Gasteiger charge is 2.54. The molecule has 0 aromatic carbocycles. The first-order valence-corrected chi connectivity index (χ1v) is 7.54. The van der Waals surface area contributed by atoms with Crippen LogP contribution in [0.4, 0.5) is 4.79 Å². The molecule has 98 valence electrons. The van der Waals surface area contributed by atoms with Gasteiger partial charge in [-0.3, -0.25) is 0 Å². The molecule has 0 saturated carbocycles. The van der Waals surface area contributed by atoms with Gasteiger partial charge >= 0.3 is 6.09 Å². The molecule has 1 unspecified atom stereocenters. The molecule has 0 bridgehead atoms. The second kappa shape index (κ2) is 4.57. The number of hydrogen-bond acceptors (Lipinski definition) is 3. The lowest BCUT2D eigenvalue weighted by Crippen LogP contribution is -2.62. The Labute approximate surface area is 116 Å². The molecule has 0 radical (unpaired) electrons. The minimum absolute atomic E-state index is 0.192. The number of ether oxygens (including phenoxy) is 2. The highest BCUT2D eigenvalue weighted by Crippen LogP contribution is 2.44. The van der Waals surface area contributed by atoms with Crippen molar-refractivity contribution in [3.8, 4) is 0 Å². The van der Waals surface area contributed by atoms with E-state index in [9.17, 15) is 4.79 Å². The van der Waals surface area contributed by atoms with Crippen molar-refractivity contribution in [1.29, 1.82) is 0 Å². The fourth-order valence-corrected chi connectivity index (χ4v) is 3.67. The van der Waals surface area contributed by atoms with Crippen molar-refractivity contribution < 1.29 is 14.3 Å². The van der Waals surface area contributed by atoms with Gasteiger partial charge < -0.3 is 14.4 Å². The van der Waals surface area contributed by atoms with Gasteiger partial charge in [0.2, 0.25) is 0 Å². The van der Waals surface area contributed by atoms with Crippen molar-refractivity contribution in [3.63, 3.8) is 0 Å². The fraction of sp³-hybridized carbons (Fsp3) is 0.917. The summed E-state index contributed by atoms with van der Waals surface area (Å²) in [5, 5.41) is 0. The van der Waals surface area contributed by atoms with Gasteiger partial charge in [-0.2, -0.15) is 0 Å². The van der Waals surface area contributed by atoms with E-state index in [1.165, 1.54) is 0 Å². The van der Waals surface area contributed by atoms with Gasteiger partial charge in [0, 0.05) is 29.5 Å². The van der Waals surface area contributed by atoms with Crippen LogP contribution in [0.25, 0.3) is 0 Å². The number of halogens is 1. The third-order valence-corrected chi connectivity index (χ3v) is 4.21. The number of alkyl halides is 1. The lowest BCUT2D eigenvalue weighted by atomic mass is 9.75. The standard InChI is InChI=1S/C12H20INO3/c1-11(2,3)17-10(15)14-7-12(8-14)4-5-16-9(12)6-13/h9H,4-8H2,1-3H3. The maximum atomic E-state index is 11.8. The summed E-state index contributed by atoms with van der Waals surface area (Å²) in [4.78, 5) is 13.6. The van der Waals surface area contributed by atoms with Gasteiger partial charge in [-0.25, -0.2) is 4.79 Å². The number of carbonyl (C=O) groups excluding carboxylic acids is 1. The third-order valence-electron chi connectivity index (χ3n) is 3.41. The van der Waals surface area contributed by atoms with E-state index in [-0.39, 0.29) is 11.5 Å². The lowest BCUT2D eigenvalue weighted by Gasteiger charge is -2.49. The van der Waals surface area contributed by atoms with Crippen LogP contribution in [0, 0.1) is 5.41 Å². The van der Waals surface area contributed by atoms with E-state index in [4.69, 9.17) is 9.47 Å². The van der Waals surface area contributed by atoms with Gasteiger partial charge in [0.05, 0.1) is 6.10 Å². The molecule has 2 rings (SSSR count). The average Bonchev–Trinajstić information content (AvgIpc) is 2.55.